The van der Waals surface area contributed by atoms with Crippen molar-refractivity contribution in [2.75, 3.05) is 11.6 Å². The summed E-state index contributed by atoms with van der Waals surface area (Å²) < 4.78 is 1.84. The lowest BCUT2D eigenvalue weighted by molar-refractivity contribution is 0.102. The van der Waals surface area contributed by atoms with Crippen molar-refractivity contribution in [3.05, 3.63) is 75.0 Å². The molecule has 3 aromatic rings. The minimum Gasteiger partial charge on any atom is -0.319 e. The summed E-state index contributed by atoms with van der Waals surface area (Å²) >= 11 is 14.0. The molecule has 4 nitrogen and oxygen atoms in total. The second kappa shape index (κ2) is 8.38. The van der Waals surface area contributed by atoms with Crippen LogP contribution in [0, 0.1) is 13.8 Å². The van der Waals surface area contributed by atoms with Crippen LogP contribution in [0.2, 0.25) is 10.0 Å². The molecule has 0 fully saturated rings. The zero-order valence-electron chi connectivity index (χ0n) is 15.2. The largest absolute Gasteiger partial charge is 0.319 e. The first-order valence-corrected chi connectivity index (χ1v) is 10.3. The first-order valence-electron chi connectivity index (χ1n) is 8.33. The monoisotopic (exact) mass is 419 g/mol. The predicted molar refractivity (Wildman–Crippen MR) is 113 cm³/mol. The number of rotatable bonds is 5. The molecular weight excluding hydrogens is 401 g/mol. The zero-order chi connectivity index (χ0) is 19.6. The molecule has 0 aliphatic rings. The first kappa shape index (κ1) is 19.8. The van der Waals surface area contributed by atoms with Crippen LogP contribution in [-0.4, -0.2) is 21.9 Å². The van der Waals surface area contributed by atoms with Crippen LogP contribution in [0.5, 0.6) is 0 Å². The van der Waals surface area contributed by atoms with Crippen molar-refractivity contribution in [1.29, 1.82) is 0 Å². The Bertz CT molecular complexity index is 1000. The van der Waals surface area contributed by atoms with E-state index in [2.05, 4.69) is 10.4 Å². The lowest BCUT2D eigenvalue weighted by Crippen LogP contribution is -2.14. The predicted octanol–water partition coefficient (Wildman–Crippen LogP) is 5.83. The number of aromatic nitrogens is 2. The number of hydrogen-bond donors (Lipinski definition) is 1. The van der Waals surface area contributed by atoms with Crippen molar-refractivity contribution in [2.24, 2.45) is 0 Å². The van der Waals surface area contributed by atoms with Crippen molar-refractivity contribution in [3.63, 3.8) is 0 Å². The molecule has 0 saturated carbocycles. The second-order valence-corrected chi connectivity index (χ2v) is 7.79. The Morgan fingerprint density at radius 1 is 1.15 bits per heavy atom. The molecule has 0 atom stereocenters. The quantitative estimate of drug-likeness (QED) is 0.529. The number of thioether (sulfide) groups is 1. The van der Waals surface area contributed by atoms with Crippen LogP contribution in [0.4, 0.5) is 5.69 Å². The van der Waals surface area contributed by atoms with Gasteiger partial charge in [-0.2, -0.15) is 5.10 Å². The summed E-state index contributed by atoms with van der Waals surface area (Å²) in [5, 5.41) is 8.63. The highest BCUT2D eigenvalue weighted by Crippen LogP contribution is 2.26. The smallest absolute Gasteiger partial charge is 0.257 e. The van der Waals surface area contributed by atoms with Gasteiger partial charge in [0.05, 0.1) is 34.2 Å². The van der Waals surface area contributed by atoms with Gasteiger partial charge in [-0.05, 0) is 49.9 Å². The highest BCUT2D eigenvalue weighted by molar-refractivity contribution is 7.98. The molecule has 0 saturated heterocycles. The van der Waals surface area contributed by atoms with E-state index in [1.54, 1.807) is 23.9 Å². The normalized spacial score (nSPS) is 10.9. The van der Waals surface area contributed by atoms with Gasteiger partial charge < -0.3 is 5.32 Å². The van der Waals surface area contributed by atoms with Gasteiger partial charge in [-0.3, -0.25) is 9.48 Å². The van der Waals surface area contributed by atoms with Crippen molar-refractivity contribution in [1.82, 2.24) is 9.78 Å². The van der Waals surface area contributed by atoms with Crippen LogP contribution >= 0.6 is 35.0 Å². The molecule has 1 N–H and O–H groups in total. The van der Waals surface area contributed by atoms with E-state index < -0.39 is 0 Å². The Morgan fingerprint density at radius 3 is 2.59 bits per heavy atom. The van der Waals surface area contributed by atoms with E-state index in [1.807, 2.05) is 55.1 Å². The molecule has 3 rings (SSSR count). The third-order valence-corrected chi connectivity index (χ3v) is 5.74. The Labute approximate surface area is 172 Å². The summed E-state index contributed by atoms with van der Waals surface area (Å²) in [6.45, 7) is 4.32. The lowest BCUT2D eigenvalue weighted by Gasteiger charge is -2.10. The third-order valence-electron chi connectivity index (χ3n) is 4.32. The maximum Gasteiger partial charge on any atom is 0.257 e. The molecular formula is C20H19Cl2N3OS. The summed E-state index contributed by atoms with van der Waals surface area (Å²) in [6.07, 6.45) is 1.96. The fourth-order valence-corrected chi connectivity index (χ4v) is 3.64. The van der Waals surface area contributed by atoms with Gasteiger partial charge in [0.1, 0.15) is 0 Å². The van der Waals surface area contributed by atoms with Crippen LogP contribution in [0.3, 0.4) is 0 Å². The van der Waals surface area contributed by atoms with Gasteiger partial charge >= 0.3 is 0 Å². The molecule has 0 bridgehead atoms. The molecule has 0 radical (unpaired) electrons. The second-order valence-electron chi connectivity index (χ2n) is 6.09. The van der Waals surface area contributed by atoms with Crippen LogP contribution in [0.1, 0.15) is 27.3 Å². The molecule has 2 aromatic carbocycles. The molecule has 0 aliphatic carbocycles. The zero-order valence-corrected chi connectivity index (χ0v) is 17.5. The average molecular weight is 420 g/mol. The van der Waals surface area contributed by atoms with Gasteiger partial charge in [0.15, 0.2) is 0 Å². The van der Waals surface area contributed by atoms with Crippen LogP contribution in [-0.2, 0) is 6.54 Å². The highest BCUT2D eigenvalue weighted by Gasteiger charge is 2.18. The molecule has 0 unspecified atom stereocenters. The SMILES string of the molecule is CSc1ccc(Cl)c(C(=O)Nc2c(C)nn(Cc3ccccc3Cl)c2C)c1. The van der Waals surface area contributed by atoms with Gasteiger partial charge in [-0.1, -0.05) is 41.4 Å². The molecule has 140 valence electrons. The number of hydrogen-bond acceptors (Lipinski definition) is 3. The molecule has 0 aliphatic heterocycles. The van der Waals surface area contributed by atoms with Gasteiger partial charge in [0, 0.05) is 9.92 Å². The standard InChI is InChI=1S/C20H19Cl2N3OS/c1-12-19(23-20(26)16-10-15(27-3)8-9-18(16)22)13(2)25(24-12)11-14-6-4-5-7-17(14)21/h4-10H,11H2,1-3H3,(H,23,26). The Balaban J connectivity index is 1.87. The van der Waals surface area contributed by atoms with Gasteiger partial charge in [-0.25, -0.2) is 0 Å². The van der Waals surface area contributed by atoms with Crippen LogP contribution < -0.4 is 5.32 Å². The molecule has 1 aromatic heterocycles. The van der Waals surface area contributed by atoms with Crippen molar-refractivity contribution in [3.8, 4) is 0 Å². The summed E-state index contributed by atoms with van der Waals surface area (Å²) in [4.78, 5) is 13.7. The summed E-state index contributed by atoms with van der Waals surface area (Å²) in [5.41, 5.74) is 3.71. The van der Waals surface area contributed by atoms with E-state index in [-0.39, 0.29) is 5.91 Å². The number of carbonyl (C=O) groups is 1. The maximum atomic E-state index is 12.8. The number of benzene rings is 2. The van der Waals surface area contributed by atoms with Crippen LogP contribution in [0.25, 0.3) is 0 Å². The Hall–Kier alpha value is -1.95. The van der Waals surface area contributed by atoms with Crippen molar-refractivity contribution in [2.45, 2.75) is 25.3 Å². The van der Waals surface area contributed by atoms with E-state index in [1.165, 1.54) is 0 Å². The number of aryl methyl sites for hydroxylation is 1. The average Bonchev–Trinajstić information content (AvgIpc) is 2.91. The van der Waals surface area contributed by atoms with E-state index in [9.17, 15) is 4.79 Å². The number of nitrogens with zero attached hydrogens (tertiary/aromatic N) is 2. The van der Waals surface area contributed by atoms with Gasteiger partial charge in [-0.15, -0.1) is 11.8 Å². The number of amides is 1. The minimum absolute atomic E-state index is 0.251. The van der Waals surface area contributed by atoms with E-state index in [0.717, 1.165) is 21.8 Å². The molecule has 0 spiro atoms. The van der Waals surface area contributed by atoms with Crippen molar-refractivity contribution >= 4 is 46.6 Å². The van der Waals surface area contributed by atoms with Crippen LogP contribution in [0.15, 0.2) is 47.4 Å². The van der Waals surface area contributed by atoms with Crippen molar-refractivity contribution < 1.29 is 4.79 Å². The van der Waals surface area contributed by atoms with Gasteiger partial charge in [0.2, 0.25) is 0 Å². The van der Waals surface area contributed by atoms with E-state index in [0.29, 0.717) is 27.8 Å². The lowest BCUT2D eigenvalue weighted by atomic mass is 10.2. The molecule has 7 heteroatoms. The fraction of sp³-hybridized carbons (Fsp3) is 0.200. The summed E-state index contributed by atoms with van der Waals surface area (Å²) in [5.74, 6) is -0.251. The number of carbonyl (C=O) groups excluding carboxylic acids is 1. The summed E-state index contributed by atoms with van der Waals surface area (Å²) in [7, 11) is 0. The highest BCUT2D eigenvalue weighted by atomic mass is 35.5. The third kappa shape index (κ3) is 4.32. The fourth-order valence-electron chi connectivity index (χ4n) is 2.81. The molecule has 27 heavy (non-hydrogen) atoms. The Morgan fingerprint density at radius 2 is 1.89 bits per heavy atom. The number of nitrogens with one attached hydrogen (secondary N) is 1. The first-order chi connectivity index (χ1) is 12.9. The Kier molecular flexibility index (Phi) is 6.15. The molecule has 1 amide bonds. The van der Waals surface area contributed by atoms with E-state index in [4.69, 9.17) is 23.2 Å². The van der Waals surface area contributed by atoms with Gasteiger partial charge in [0.25, 0.3) is 5.91 Å². The topological polar surface area (TPSA) is 46.9 Å². The van der Waals surface area contributed by atoms with E-state index >= 15 is 0 Å². The minimum atomic E-state index is -0.251. The summed E-state index contributed by atoms with van der Waals surface area (Å²) in [6, 6.07) is 13.1. The number of halogens is 2. The number of anilines is 1. The maximum absolute atomic E-state index is 12.8. The molecule has 1 heterocycles.